The van der Waals surface area contributed by atoms with E-state index in [1.807, 2.05) is 12.1 Å². The van der Waals surface area contributed by atoms with Crippen molar-refractivity contribution in [3.05, 3.63) is 29.8 Å². The molecule has 1 unspecified atom stereocenters. The number of rotatable bonds is 3. The molecule has 1 aromatic carbocycles. The number of para-hydroxylation sites is 1. The zero-order valence-corrected chi connectivity index (χ0v) is 9.80. The molecule has 1 atom stereocenters. The molecule has 1 aliphatic heterocycles. The van der Waals surface area contributed by atoms with Crippen LogP contribution in [0.15, 0.2) is 24.3 Å². The van der Waals surface area contributed by atoms with Crippen molar-refractivity contribution in [2.24, 2.45) is 5.73 Å². The van der Waals surface area contributed by atoms with Crippen LogP contribution in [0.25, 0.3) is 0 Å². The molecule has 1 aliphatic rings. The van der Waals surface area contributed by atoms with Gasteiger partial charge in [0.1, 0.15) is 6.04 Å². The zero-order chi connectivity index (χ0) is 13.1. The van der Waals surface area contributed by atoms with E-state index in [-0.39, 0.29) is 0 Å². The third-order valence-corrected chi connectivity index (χ3v) is 2.90. The number of benzene rings is 1. The van der Waals surface area contributed by atoms with Crippen LogP contribution >= 0.6 is 0 Å². The van der Waals surface area contributed by atoms with Crippen LogP contribution in [0.5, 0.6) is 0 Å². The Bertz CT molecular complexity index is 475. The van der Waals surface area contributed by atoms with Crippen LogP contribution in [0.2, 0.25) is 0 Å². The maximum Gasteiger partial charge on any atom is 0.327 e. The largest absolute Gasteiger partial charge is 0.480 e. The minimum Gasteiger partial charge on any atom is -0.480 e. The quantitative estimate of drug-likeness (QED) is 0.711. The molecule has 0 radical (unpaired) electrons. The lowest BCUT2D eigenvalue weighted by Crippen LogP contribution is -2.48. The van der Waals surface area contributed by atoms with E-state index < -0.39 is 18.0 Å². The third-order valence-electron chi connectivity index (χ3n) is 2.90. The van der Waals surface area contributed by atoms with Crippen molar-refractivity contribution in [1.29, 1.82) is 0 Å². The molecule has 2 rings (SSSR count). The highest BCUT2D eigenvalue weighted by atomic mass is 16.4. The molecule has 1 aromatic rings. The molecule has 0 bridgehead atoms. The van der Waals surface area contributed by atoms with E-state index in [2.05, 4.69) is 5.32 Å². The van der Waals surface area contributed by atoms with Crippen molar-refractivity contribution in [2.45, 2.75) is 12.5 Å². The van der Waals surface area contributed by atoms with Gasteiger partial charge in [0, 0.05) is 25.2 Å². The number of hydrogen-bond acceptors (Lipinski definition) is 3. The van der Waals surface area contributed by atoms with Gasteiger partial charge < -0.3 is 16.2 Å². The molecule has 0 aromatic heterocycles. The smallest absolute Gasteiger partial charge is 0.327 e. The predicted octanol–water partition coefficient (Wildman–Crippen LogP) is 0.171. The Labute approximate surface area is 104 Å². The van der Waals surface area contributed by atoms with Crippen molar-refractivity contribution >= 4 is 17.7 Å². The van der Waals surface area contributed by atoms with E-state index in [9.17, 15) is 14.7 Å². The van der Waals surface area contributed by atoms with Crippen LogP contribution in [0, 0.1) is 0 Å². The van der Waals surface area contributed by atoms with E-state index in [0.29, 0.717) is 25.2 Å². The molecule has 0 spiro atoms. The summed E-state index contributed by atoms with van der Waals surface area (Å²) in [5.74, 6) is -1.01. The molecular formula is C12H15N3O3. The number of aliphatic carboxylic acids is 1. The second-order valence-corrected chi connectivity index (χ2v) is 4.08. The zero-order valence-electron chi connectivity index (χ0n) is 9.80. The average Bonchev–Trinajstić information content (AvgIpc) is 2.75. The number of carbonyl (C=O) groups excluding carboxylic acids is 1. The molecule has 18 heavy (non-hydrogen) atoms. The SMILES string of the molecule is NCCNC(=O)N1c2ccccc2CC1C(=O)O. The van der Waals surface area contributed by atoms with E-state index in [1.54, 1.807) is 12.1 Å². The summed E-state index contributed by atoms with van der Waals surface area (Å²) in [6, 6.07) is 5.94. The summed E-state index contributed by atoms with van der Waals surface area (Å²) in [5, 5.41) is 11.8. The average molecular weight is 249 g/mol. The Hall–Kier alpha value is -2.08. The van der Waals surface area contributed by atoms with Crippen LogP contribution in [-0.2, 0) is 11.2 Å². The molecule has 2 amide bonds. The molecule has 0 saturated heterocycles. The van der Waals surface area contributed by atoms with Gasteiger partial charge in [0.2, 0.25) is 0 Å². The fourth-order valence-electron chi connectivity index (χ4n) is 2.10. The lowest BCUT2D eigenvalue weighted by molar-refractivity contribution is -0.138. The van der Waals surface area contributed by atoms with Gasteiger partial charge in [0.15, 0.2) is 0 Å². The normalized spacial score (nSPS) is 17.4. The highest BCUT2D eigenvalue weighted by Crippen LogP contribution is 2.31. The topological polar surface area (TPSA) is 95.7 Å². The number of carboxylic acid groups (broad SMARTS) is 1. The van der Waals surface area contributed by atoms with Gasteiger partial charge in [-0.25, -0.2) is 9.59 Å². The summed E-state index contributed by atoms with van der Waals surface area (Å²) in [6.45, 7) is 0.642. The van der Waals surface area contributed by atoms with Crippen LogP contribution < -0.4 is 16.0 Å². The number of carbonyl (C=O) groups is 2. The molecule has 4 N–H and O–H groups in total. The number of nitrogens with one attached hydrogen (secondary N) is 1. The summed E-state index contributed by atoms with van der Waals surface area (Å²) in [4.78, 5) is 24.5. The first-order valence-electron chi connectivity index (χ1n) is 5.73. The second-order valence-electron chi connectivity index (χ2n) is 4.08. The van der Waals surface area contributed by atoms with Gasteiger partial charge in [-0.2, -0.15) is 0 Å². The summed E-state index contributed by atoms with van der Waals surface area (Å²) in [7, 11) is 0. The first kappa shape index (κ1) is 12.4. The number of hydrogen-bond donors (Lipinski definition) is 3. The second kappa shape index (κ2) is 5.05. The molecular weight excluding hydrogens is 234 g/mol. The summed E-state index contributed by atoms with van der Waals surface area (Å²) in [6.07, 6.45) is 0.335. The van der Waals surface area contributed by atoms with Crippen LogP contribution in [0.4, 0.5) is 10.5 Å². The predicted molar refractivity (Wildman–Crippen MR) is 66.5 cm³/mol. The molecule has 1 heterocycles. The highest BCUT2D eigenvalue weighted by Gasteiger charge is 2.37. The summed E-state index contributed by atoms with van der Waals surface area (Å²) < 4.78 is 0. The van der Waals surface area contributed by atoms with Gasteiger partial charge in [-0.05, 0) is 11.6 Å². The first-order valence-corrected chi connectivity index (χ1v) is 5.73. The van der Waals surface area contributed by atoms with Crippen molar-refractivity contribution in [1.82, 2.24) is 5.32 Å². The van der Waals surface area contributed by atoms with E-state index in [1.165, 1.54) is 4.90 Å². The number of nitrogens with two attached hydrogens (primary N) is 1. The standard InChI is InChI=1S/C12H15N3O3/c13-5-6-14-12(18)15-9-4-2-1-3-8(9)7-10(15)11(16)17/h1-4,10H,5-7,13H2,(H,14,18)(H,16,17). The lowest BCUT2D eigenvalue weighted by Gasteiger charge is -2.22. The Morgan fingerprint density at radius 3 is 2.83 bits per heavy atom. The maximum atomic E-state index is 12.0. The van der Waals surface area contributed by atoms with Gasteiger partial charge in [-0.3, -0.25) is 4.90 Å². The molecule has 0 fully saturated rings. The number of fused-ring (bicyclic) bond motifs is 1. The minimum atomic E-state index is -1.01. The Morgan fingerprint density at radius 1 is 1.44 bits per heavy atom. The van der Waals surface area contributed by atoms with E-state index in [4.69, 9.17) is 5.73 Å². The molecule has 6 nitrogen and oxygen atoms in total. The molecule has 6 heteroatoms. The number of urea groups is 1. The van der Waals surface area contributed by atoms with E-state index in [0.717, 1.165) is 5.56 Å². The van der Waals surface area contributed by atoms with Gasteiger partial charge >= 0.3 is 12.0 Å². The number of anilines is 1. The van der Waals surface area contributed by atoms with Crippen molar-refractivity contribution in [2.75, 3.05) is 18.0 Å². The fraction of sp³-hybridized carbons (Fsp3) is 0.333. The fourth-order valence-corrected chi connectivity index (χ4v) is 2.10. The summed E-state index contributed by atoms with van der Waals surface area (Å²) in [5.41, 5.74) is 6.84. The minimum absolute atomic E-state index is 0.318. The first-order chi connectivity index (χ1) is 8.65. The van der Waals surface area contributed by atoms with Gasteiger partial charge in [-0.1, -0.05) is 18.2 Å². The molecule has 0 aliphatic carbocycles. The van der Waals surface area contributed by atoms with Crippen molar-refractivity contribution in [3.63, 3.8) is 0 Å². The Kier molecular flexibility index (Phi) is 3.47. The van der Waals surface area contributed by atoms with Gasteiger partial charge in [0.25, 0.3) is 0 Å². The summed E-state index contributed by atoms with van der Waals surface area (Å²) >= 11 is 0. The number of nitrogens with zero attached hydrogens (tertiary/aromatic N) is 1. The number of carboxylic acids is 1. The Morgan fingerprint density at radius 2 is 2.17 bits per heavy atom. The third kappa shape index (κ3) is 2.14. The van der Waals surface area contributed by atoms with Crippen LogP contribution in [0.3, 0.4) is 0 Å². The van der Waals surface area contributed by atoms with Gasteiger partial charge in [-0.15, -0.1) is 0 Å². The number of amides is 2. The maximum absolute atomic E-state index is 12.0. The molecule has 0 saturated carbocycles. The van der Waals surface area contributed by atoms with Crippen molar-refractivity contribution < 1.29 is 14.7 Å². The van der Waals surface area contributed by atoms with Crippen LogP contribution in [-0.4, -0.2) is 36.2 Å². The lowest BCUT2D eigenvalue weighted by atomic mass is 10.1. The van der Waals surface area contributed by atoms with E-state index >= 15 is 0 Å². The van der Waals surface area contributed by atoms with Gasteiger partial charge in [0.05, 0.1) is 0 Å². The van der Waals surface area contributed by atoms with Crippen LogP contribution in [0.1, 0.15) is 5.56 Å². The highest BCUT2D eigenvalue weighted by molar-refractivity contribution is 6.01. The monoisotopic (exact) mass is 249 g/mol. The Balaban J connectivity index is 2.28. The van der Waals surface area contributed by atoms with Crippen molar-refractivity contribution in [3.8, 4) is 0 Å². The molecule has 96 valence electrons.